The van der Waals surface area contributed by atoms with Gasteiger partial charge in [0.1, 0.15) is 11.5 Å². The molecule has 0 spiro atoms. The maximum Gasteiger partial charge on any atom is 0.232 e. The standard InChI is InChI=1S/C34H32N2O3/c1-24-20-30(37)29(23-36-18-16-35(17-19-36)22-26-8-4-2-5-9-26)34-32(24)33(38)31(39-34)21-25-12-14-28(15-13-25)27-10-6-3-7-11-27/h2-15,20-21,37H,16-19,22-23H2,1H3/b31-21-. The van der Waals surface area contributed by atoms with Gasteiger partial charge in [-0.1, -0.05) is 84.9 Å². The smallest absolute Gasteiger partial charge is 0.232 e. The number of phenols is 1. The van der Waals surface area contributed by atoms with Crippen LogP contribution in [0.2, 0.25) is 0 Å². The molecule has 2 aliphatic heterocycles. The molecule has 5 nitrogen and oxygen atoms in total. The first-order valence-electron chi connectivity index (χ1n) is 13.5. The van der Waals surface area contributed by atoms with E-state index in [1.807, 2.05) is 55.5 Å². The van der Waals surface area contributed by atoms with E-state index in [0.29, 0.717) is 29.2 Å². The zero-order valence-corrected chi connectivity index (χ0v) is 22.1. The van der Waals surface area contributed by atoms with E-state index in [4.69, 9.17) is 4.74 Å². The Labute approximate surface area is 229 Å². The molecule has 0 aliphatic carbocycles. The van der Waals surface area contributed by atoms with E-state index in [1.54, 1.807) is 12.1 Å². The van der Waals surface area contributed by atoms with Crippen molar-refractivity contribution < 1.29 is 14.6 Å². The SMILES string of the molecule is Cc1cc(O)c(CN2CCN(Cc3ccccc3)CC2)c2c1C(=O)/C(=C/c1ccc(-c3ccccc3)cc1)O2. The van der Waals surface area contributed by atoms with Crippen molar-refractivity contribution in [1.29, 1.82) is 0 Å². The number of ketones is 1. The van der Waals surface area contributed by atoms with Crippen LogP contribution in [0.3, 0.4) is 0 Å². The quantitative estimate of drug-likeness (QED) is 0.305. The Kier molecular flexibility index (Phi) is 7.01. The van der Waals surface area contributed by atoms with E-state index < -0.39 is 0 Å². The monoisotopic (exact) mass is 516 g/mol. The minimum atomic E-state index is -0.136. The fourth-order valence-corrected chi connectivity index (χ4v) is 5.46. The maximum atomic E-state index is 13.4. The number of Topliss-reactive ketones (excluding diaryl/α,β-unsaturated/α-hetero) is 1. The normalized spacial score (nSPS) is 16.8. The number of nitrogens with zero attached hydrogens (tertiary/aromatic N) is 2. The zero-order valence-electron chi connectivity index (χ0n) is 22.1. The van der Waals surface area contributed by atoms with Crippen LogP contribution in [-0.4, -0.2) is 46.9 Å². The summed E-state index contributed by atoms with van der Waals surface area (Å²) in [5, 5.41) is 10.9. The summed E-state index contributed by atoms with van der Waals surface area (Å²) >= 11 is 0. The van der Waals surface area contributed by atoms with Gasteiger partial charge >= 0.3 is 0 Å². The van der Waals surface area contributed by atoms with Crippen LogP contribution in [0, 0.1) is 6.92 Å². The van der Waals surface area contributed by atoms with Crippen molar-refractivity contribution in [1.82, 2.24) is 9.80 Å². The number of ether oxygens (including phenoxy) is 1. The number of carbonyl (C=O) groups is 1. The van der Waals surface area contributed by atoms with E-state index in [0.717, 1.165) is 55.0 Å². The lowest BCUT2D eigenvalue weighted by Crippen LogP contribution is -2.45. The third kappa shape index (κ3) is 5.37. The molecule has 0 unspecified atom stereocenters. The fraction of sp³-hybridized carbons (Fsp3) is 0.206. The molecule has 6 rings (SSSR count). The number of piperazine rings is 1. The Balaban J connectivity index is 1.17. The molecule has 4 aromatic rings. The lowest BCUT2D eigenvalue weighted by molar-refractivity contribution is 0.101. The molecule has 0 saturated carbocycles. The Morgan fingerprint density at radius 2 is 1.38 bits per heavy atom. The second-order valence-electron chi connectivity index (χ2n) is 10.4. The van der Waals surface area contributed by atoms with Gasteiger partial charge in [0.15, 0.2) is 5.76 Å². The molecule has 0 radical (unpaired) electrons. The minimum absolute atomic E-state index is 0.136. The minimum Gasteiger partial charge on any atom is -0.507 e. The van der Waals surface area contributed by atoms with Gasteiger partial charge in [-0.25, -0.2) is 0 Å². The Bertz CT molecular complexity index is 1500. The van der Waals surface area contributed by atoms with E-state index in [-0.39, 0.29) is 11.5 Å². The van der Waals surface area contributed by atoms with Crippen molar-refractivity contribution >= 4 is 11.9 Å². The molecule has 2 aliphatic rings. The molecule has 0 amide bonds. The first kappa shape index (κ1) is 25.1. The van der Waals surface area contributed by atoms with Crippen LogP contribution in [-0.2, 0) is 13.1 Å². The van der Waals surface area contributed by atoms with Gasteiger partial charge in [-0.3, -0.25) is 14.6 Å². The summed E-state index contributed by atoms with van der Waals surface area (Å²) < 4.78 is 6.19. The molecular formula is C34H32N2O3. The van der Waals surface area contributed by atoms with Crippen molar-refractivity contribution in [3.63, 3.8) is 0 Å². The molecule has 196 valence electrons. The lowest BCUT2D eigenvalue weighted by Gasteiger charge is -2.35. The topological polar surface area (TPSA) is 53.0 Å². The van der Waals surface area contributed by atoms with Crippen molar-refractivity contribution in [2.75, 3.05) is 26.2 Å². The van der Waals surface area contributed by atoms with Gasteiger partial charge < -0.3 is 9.84 Å². The number of hydrogen-bond donors (Lipinski definition) is 1. The fourth-order valence-electron chi connectivity index (χ4n) is 5.46. The van der Waals surface area contributed by atoms with Crippen LogP contribution in [0.4, 0.5) is 0 Å². The van der Waals surface area contributed by atoms with Gasteiger partial charge in [-0.05, 0) is 46.9 Å². The van der Waals surface area contributed by atoms with Gasteiger partial charge in [0.05, 0.1) is 11.1 Å². The Morgan fingerprint density at radius 1 is 0.795 bits per heavy atom. The molecule has 0 atom stereocenters. The number of fused-ring (bicyclic) bond motifs is 1. The number of allylic oxidation sites excluding steroid dienone is 1. The predicted octanol–water partition coefficient (Wildman–Crippen LogP) is 6.30. The Morgan fingerprint density at radius 3 is 2.05 bits per heavy atom. The number of benzene rings is 4. The number of aryl methyl sites for hydroxylation is 1. The predicted molar refractivity (Wildman–Crippen MR) is 155 cm³/mol. The molecule has 1 N–H and O–H groups in total. The summed E-state index contributed by atoms with van der Waals surface area (Å²) in [4.78, 5) is 18.2. The summed E-state index contributed by atoms with van der Waals surface area (Å²) in [6.45, 7) is 7.02. The summed E-state index contributed by atoms with van der Waals surface area (Å²) in [7, 11) is 0. The molecule has 39 heavy (non-hydrogen) atoms. The summed E-state index contributed by atoms with van der Waals surface area (Å²) in [5.41, 5.74) is 6.44. The second kappa shape index (κ2) is 10.9. The van der Waals surface area contributed by atoms with Crippen molar-refractivity contribution in [3.8, 4) is 22.6 Å². The van der Waals surface area contributed by atoms with Crippen LogP contribution < -0.4 is 4.74 Å². The highest BCUT2D eigenvalue weighted by Gasteiger charge is 2.34. The second-order valence-corrected chi connectivity index (χ2v) is 10.4. The van der Waals surface area contributed by atoms with Crippen LogP contribution in [0.25, 0.3) is 17.2 Å². The van der Waals surface area contributed by atoms with Crippen LogP contribution >= 0.6 is 0 Å². The van der Waals surface area contributed by atoms with Gasteiger partial charge in [0.25, 0.3) is 0 Å². The van der Waals surface area contributed by atoms with Crippen LogP contribution in [0.1, 0.15) is 32.6 Å². The molecule has 2 heterocycles. The van der Waals surface area contributed by atoms with E-state index in [2.05, 4.69) is 46.2 Å². The van der Waals surface area contributed by atoms with Gasteiger partial charge in [-0.2, -0.15) is 0 Å². The summed E-state index contributed by atoms with van der Waals surface area (Å²) in [6, 6.07) is 30.5. The number of hydrogen-bond acceptors (Lipinski definition) is 5. The van der Waals surface area contributed by atoms with Gasteiger partial charge in [0, 0.05) is 39.3 Å². The molecule has 1 saturated heterocycles. The zero-order chi connectivity index (χ0) is 26.8. The average Bonchev–Trinajstić information content (AvgIpc) is 3.29. The lowest BCUT2D eigenvalue weighted by atomic mass is 9.98. The average molecular weight is 517 g/mol. The number of aromatic hydroxyl groups is 1. The summed E-state index contributed by atoms with van der Waals surface area (Å²) in [5.74, 6) is 0.833. The number of carbonyl (C=O) groups excluding carboxylic acids is 1. The van der Waals surface area contributed by atoms with Crippen molar-refractivity contribution in [2.45, 2.75) is 20.0 Å². The van der Waals surface area contributed by atoms with Crippen LogP contribution in [0.15, 0.2) is 96.8 Å². The van der Waals surface area contributed by atoms with E-state index >= 15 is 0 Å². The van der Waals surface area contributed by atoms with Gasteiger partial charge in [0.2, 0.25) is 5.78 Å². The molecule has 4 aromatic carbocycles. The Hall–Kier alpha value is -4.19. The van der Waals surface area contributed by atoms with Gasteiger partial charge in [-0.15, -0.1) is 0 Å². The van der Waals surface area contributed by atoms with Crippen molar-refractivity contribution in [3.05, 3.63) is 125 Å². The molecular weight excluding hydrogens is 484 g/mol. The number of rotatable bonds is 6. The van der Waals surface area contributed by atoms with E-state index in [9.17, 15) is 9.90 Å². The summed E-state index contributed by atoms with van der Waals surface area (Å²) in [6.07, 6.45) is 1.79. The van der Waals surface area contributed by atoms with Crippen molar-refractivity contribution in [2.24, 2.45) is 0 Å². The molecule has 1 fully saturated rings. The maximum absolute atomic E-state index is 13.4. The molecule has 0 bridgehead atoms. The first-order valence-corrected chi connectivity index (χ1v) is 13.5. The highest BCUT2D eigenvalue weighted by Crippen LogP contribution is 2.42. The van der Waals surface area contributed by atoms with E-state index in [1.165, 1.54) is 5.56 Å². The largest absolute Gasteiger partial charge is 0.507 e. The third-order valence-corrected chi connectivity index (χ3v) is 7.63. The highest BCUT2D eigenvalue weighted by atomic mass is 16.5. The first-order chi connectivity index (χ1) is 19.0. The molecule has 5 heteroatoms. The molecule has 0 aromatic heterocycles. The number of phenolic OH excluding ortho intramolecular Hbond substituents is 1. The highest BCUT2D eigenvalue weighted by molar-refractivity contribution is 6.15. The third-order valence-electron chi connectivity index (χ3n) is 7.63. The van der Waals surface area contributed by atoms with Crippen LogP contribution in [0.5, 0.6) is 11.5 Å².